The summed E-state index contributed by atoms with van der Waals surface area (Å²) in [6, 6.07) is 8.20. The molecule has 0 aliphatic carbocycles. The zero-order valence-electron chi connectivity index (χ0n) is 15.6. The molecule has 0 unspecified atom stereocenters. The van der Waals surface area contributed by atoms with E-state index >= 15 is 0 Å². The number of hydrogen-bond acceptors (Lipinski definition) is 3. The number of halogens is 4. The number of fused-ring (bicyclic) bond motifs is 1. The summed E-state index contributed by atoms with van der Waals surface area (Å²) in [6.45, 7) is 4.10. The number of alkyl halides is 3. The highest BCUT2D eigenvalue weighted by molar-refractivity contribution is 6.09. The van der Waals surface area contributed by atoms with E-state index in [1.807, 2.05) is 19.9 Å². The van der Waals surface area contributed by atoms with E-state index in [-0.39, 0.29) is 24.4 Å². The Morgan fingerprint density at radius 3 is 2.45 bits per heavy atom. The van der Waals surface area contributed by atoms with Crippen molar-refractivity contribution < 1.29 is 18.0 Å². The van der Waals surface area contributed by atoms with E-state index in [9.17, 15) is 18.0 Å². The van der Waals surface area contributed by atoms with Gasteiger partial charge in [0.25, 0.3) is 5.91 Å². The average Bonchev–Trinajstić information content (AvgIpc) is 3.10. The fourth-order valence-corrected chi connectivity index (χ4v) is 3.44. The molecule has 1 atom stereocenters. The minimum atomic E-state index is -4.41. The maximum absolute atomic E-state index is 13.2. The largest absolute Gasteiger partial charge is 0.416 e. The number of aromatic nitrogens is 3. The topological polar surface area (TPSA) is 51.0 Å². The van der Waals surface area contributed by atoms with Crippen molar-refractivity contribution in [3.8, 4) is 11.1 Å². The summed E-state index contributed by atoms with van der Waals surface area (Å²) in [5.74, 6) is -0.292. The Morgan fingerprint density at radius 1 is 1.14 bits per heavy atom. The predicted octanol–water partition coefficient (Wildman–Crippen LogP) is 4.92. The third-order valence-corrected chi connectivity index (χ3v) is 4.82. The van der Waals surface area contributed by atoms with Crippen molar-refractivity contribution >= 4 is 24.0 Å². The number of aryl methyl sites for hydroxylation is 1. The Balaban J connectivity index is 0.00000240. The molecule has 0 spiro atoms. The lowest BCUT2D eigenvalue weighted by molar-refractivity contribution is -0.137. The highest BCUT2D eigenvalue weighted by Gasteiger charge is 2.35. The van der Waals surface area contributed by atoms with Crippen molar-refractivity contribution in [2.45, 2.75) is 26.1 Å². The van der Waals surface area contributed by atoms with Gasteiger partial charge >= 0.3 is 6.18 Å². The lowest BCUT2D eigenvalue weighted by Crippen LogP contribution is -2.42. The molecule has 5 nitrogen and oxygen atoms in total. The number of hydrogen-bond donors (Lipinski definition) is 0. The number of rotatable bonds is 2. The van der Waals surface area contributed by atoms with Crippen molar-refractivity contribution in [2.24, 2.45) is 0 Å². The molecule has 0 N–H and O–H groups in total. The minimum Gasteiger partial charge on any atom is -0.305 e. The summed E-state index contributed by atoms with van der Waals surface area (Å²) in [5.41, 5.74) is 2.42. The standard InChI is InChI=1S/C20H17F3N4O.ClH/c1-12-9-14(7-8-24-12)17-10-25-27-13(2)11-26(19(28)18(17)27)16-5-3-15(4-6-16)20(21,22)23;/h3-10,13H,11H2,1-2H3;1H/t13-;/m0./s1. The maximum atomic E-state index is 13.2. The smallest absolute Gasteiger partial charge is 0.305 e. The number of pyridine rings is 1. The molecule has 0 saturated carbocycles. The van der Waals surface area contributed by atoms with Crippen molar-refractivity contribution in [2.75, 3.05) is 11.4 Å². The quantitative estimate of drug-likeness (QED) is 0.589. The highest BCUT2D eigenvalue weighted by atomic mass is 35.5. The van der Waals surface area contributed by atoms with E-state index in [0.29, 0.717) is 23.5 Å². The van der Waals surface area contributed by atoms with E-state index in [1.165, 1.54) is 17.0 Å². The summed E-state index contributed by atoms with van der Waals surface area (Å²) < 4.78 is 40.2. The van der Waals surface area contributed by atoms with Crippen LogP contribution in [0.3, 0.4) is 0 Å². The van der Waals surface area contributed by atoms with Gasteiger partial charge in [-0.25, -0.2) is 0 Å². The fraction of sp³-hybridized carbons (Fsp3) is 0.250. The SMILES string of the molecule is Cc1cc(-c2cnn3c2C(=O)N(c2ccc(C(F)(F)F)cc2)C[C@@H]3C)ccn1.Cl. The monoisotopic (exact) mass is 422 g/mol. The summed E-state index contributed by atoms with van der Waals surface area (Å²) >= 11 is 0. The van der Waals surface area contributed by atoms with Crippen LogP contribution in [-0.4, -0.2) is 27.2 Å². The summed E-state index contributed by atoms with van der Waals surface area (Å²) in [6.07, 6.45) is -1.10. The third kappa shape index (κ3) is 3.72. The number of carbonyl (C=O) groups excluding carboxylic acids is 1. The Kier molecular flexibility index (Phi) is 5.40. The Hall–Kier alpha value is -2.87. The van der Waals surface area contributed by atoms with Crippen molar-refractivity contribution in [3.05, 3.63) is 65.7 Å². The van der Waals surface area contributed by atoms with Gasteiger partial charge in [-0.1, -0.05) is 0 Å². The molecular weight excluding hydrogens is 405 g/mol. The van der Waals surface area contributed by atoms with Gasteiger partial charge in [-0.3, -0.25) is 14.5 Å². The van der Waals surface area contributed by atoms with E-state index in [0.717, 1.165) is 23.4 Å². The van der Waals surface area contributed by atoms with Gasteiger partial charge in [0.15, 0.2) is 0 Å². The van der Waals surface area contributed by atoms with Crippen LogP contribution in [0.25, 0.3) is 11.1 Å². The first-order chi connectivity index (χ1) is 13.3. The molecule has 2 aromatic heterocycles. The van der Waals surface area contributed by atoms with E-state index in [2.05, 4.69) is 10.1 Å². The molecule has 3 heterocycles. The fourth-order valence-electron chi connectivity index (χ4n) is 3.44. The molecule has 0 saturated heterocycles. The van der Waals surface area contributed by atoms with Crippen LogP contribution < -0.4 is 4.90 Å². The zero-order valence-corrected chi connectivity index (χ0v) is 16.5. The third-order valence-electron chi connectivity index (χ3n) is 4.82. The molecule has 4 rings (SSSR count). The first kappa shape index (κ1) is 20.9. The van der Waals surface area contributed by atoms with Crippen LogP contribution in [0.1, 0.15) is 34.7 Å². The van der Waals surface area contributed by atoms with Crippen LogP contribution in [-0.2, 0) is 6.18 Å². The first-order valence-electron chi connectivity index (χ1n) is 8.75. The predicted molar refractivity (Wildman–Crippen MR) is 105 cm³/mol. The van der Waals surface area contributed by atoms with E-state index in [4.69, 9.17) is 0 Å². The second-order valence-electron chi connectivity index (χ2n) is 6.85. The van der Waals surface area contributed by atoms with Gasteiger partial charge in [-0.05, 0) is 55.8 Å². The summed E-state index contributed by atoms with van der Waals surface area (Å²) in [5, 5.41) is 4.37. The van der Waals surface area contributed by atoms with Crippen LogP contribution in [0.2, 0.25) is 0 Å². The lowest BCUT2D eigenvalue weighted by Gasteiger charge is -2.32. The molecule has 1 aliphatic rings. The lowest BCUT2D eigenvalue weighted by atomic mass is 10.0. The molecule has 0 radical (unpaired) electrons. The van der Waals surface area contributed by atoms with Crippen molar-refractivity contribution in [1.29, 1.82) is 0 Å². The minimum absolute atomic E-state index is 0. The molecule has 29 heavy (non-hydrogen) atoms. The Morgan fingerprint density at radius 2 is 1.83 bits per heavy atom. The molecule has 1 aliphatic heterocycles. The number of benzene rings is 1. The second-order valence-corrected chi connectivity index (χ2v) is 6.85. The van der Waals surface area contributed by atoms with Crippen molar-refractivity contribution in [3.63, 3.8) is 0 Å². The molecule has 0 bridgehead atoms. The maximum Gasteiger partial charge on any atom is 0.416 e. The molecule has 1 aromatic carbocycles. The van der Waals surface area contributed by atoms with Crippen molar-refractivity contribution in [1.82, 2.24) is 14.8 Å². The normalized spacial score (nSPS) is 16.4. The van der Waals surface area contributed by atoms with Gasteiger partial charge in [-0.2, -0.15) is 18.3 Å². The van der Waals surface area contributed by atoms with Crippen LogP contribution in [0, 0.1) is 6.92 Å². The molecule has 1 amide bonds. The number of amides is 1. The first-order valence-corrected chi connectivity index (χ1v) is 8.75. The van der Waals surface area contributed by atoms with Crippen LogP contribution in [0.4, 0.5) is 18.9 Å². The summed E-state index contributed by atoms with van der Waals surface area (Å²) in [4.78, 5) is 18.9. The second kappa shape index (κ2) is 7.51. The highest BCUT2D eigenvalue weighted by Crippen LogP contribution is 2.34. The van der Waals surface area contributed by atoms with Gasteiger partial charge in [0, 0.05) is 29.7 Å². The van der Waals surface area contributed by atoms with Crippen LogP contribution in [0.5, 0.6) is 0 Å². The van der Waals surface area contributed by atoms with E-state index < -0.39 is 11.7 Å². The van der Waals surface area contributed by atoms with Gasteiger partial charge in [-0.15, -0.1) is 12.4 Å². The molecule has 152 valence electrons. The van der Waals surface area contributed by atoms with Gasteiger partial charge in [0.05, 0.1) is 17.8 Å². The molecule has 9 heteroatoms. The summed E-state index contributed by atoms with van der Waals surface area (Å²) in [7, 11) is 0. The average molecular weight is 423 g/mol. The van der Waals surface area contributed by atoms with E-state index in [1.54, 1.807) is 23.1 Å². The Bertz CT molecular complexity index is 1050. The van der Waals surface area contributed by atoms with Gasteiger partial charge in [0.2, 0.25) is 0 Å². The molecular formula is C20H18ClF3N4O. The number of anilines is 1. The number of carbonyl (C=O) groups is 1. The van der Waals surface area contributed by atoms with Gasteiger partial charge in [0.1, 0.15) is 5.69 Å². The number of nitrogens with zero attached hydrogens (tertiary/aromatic N) is 4. The molecule has 0 fully saturated rings. The Labute approximate surface area is 171 Å². The molecule has 3 aromatic rings. The zero-order chi connectivity index (χ0) is 20.1. The van der Waals surface area contributed by atoms with Crippen LogP contribution in [0.15, 0.2) is 48.8 Å². The van der Waals surface area contributed by atoms with Crippen LogP contribution >= 0.6 is 12.4 Å². The van der Waals surface area contributed by atoms with Gasteiger partial charge < -0.3 is 4.90 Å².